The SMILES string of the molecule is CNC1CCN(c2ccnc(SC)n2)CC1. The molecule has 1 aromatic heterocycles. The normalized spacial score (nSPS) is 17.8. The summed E-state index contributed by atoms with van der Waals surface area (Å²) in [4.78, 5) is 11.1. The zero-order chi connectivity index (χ0) is 11.4. The van der Waals surface area contributed by atoms with Crippen molar-refractivity contribution in [3.05, 3.63) is 12.3 Å². The first-order chi connectivity index (χ1) is 7.83. The number of thioether (sulfide) groups is 1. The zero-order valence-electron chi connectivity index (χ0n) is 9.81. The van der Waals surface area contributed by atoms with E-state index in [0.29, 0.717) is 6.04 Å². The van der Waals surface area contributed by atoms with Crippen molar-refractivity contribution in [1.82, 2.24) is 15.3 Å². The predicted molar refractivity (Wildman–Crippen MR) is 68.1 cm³/mol. The molecule has 1 aliphatic heterocycles. The van der Waals surface area contributed by atoms with Crippen LogP contribution in [0, 0.1) is 0 Å². The van der Waals surface area contributed by atoms with Gasteiger partial charge in [0.05, 0.1) is 0 Å². The molecule has 1 N–H and O–H groups in total. The Kier molecular flexibility index (Phi) is 4.01. The van der Waals surface area contributed by atoms with Gasteiger partial charge in [0.25, 0.3) is 0 Å². The number of hydrogen-bond donors (Lipinski definition) is 1. The summed E-state index contributed by atoms with van der Waals surface area (Å²) in [6.07, 6.45) is 6.23. The topological polar surface area (TPSA) is 41.0 Å². The molecule has 5 heteroatoms. The lowest BCUT2D eigenvalue weighted by Gasteiger charge is -2.32. The maximum Gasteiger partial charge on any atom is 0.189 e. The van der Waals surface area contributed by atoms with Gasteiger partial charge in [-0.05, 0) is 32.2 Å². The van der Waals surface area contributed by atoms with Crippen LogP contribution in [0.2, 0.25) is 0 Å². The third-order valence-electron chi connectivity index (χ3n) is 3.03. The molecule has 4 nitrogen and oxygen atoms in total. The van der Waals surface area contributed by atoms with Crippen molar-refractivity contribution in [2.75, 3.05) is 31.3 Å². The fourth-order valence-corrected chi connectivity index (χ4v) is 2.35. The van der Waals surface area contributed by atoms with Crippen LogP contribution >= 0.6 is 11.8 Å². The van der Waals surface area contributed by atoms with Gasteiger partial charge >= 0.3 is 0 Å². The van der Waals surface area contributed by atoms with E-state index in [2.05, 4.69) is 20.2 Å². The lowest BCUT2D eigenvalue weighted by atomic mass is 10.1. The van der Waals surface area contributed by atoms with Crippen LogP contribution in [-0.2, 0) is 0 Å². The predicted octanol–water partition coefficient (Wildman–Crippen LogP) is 1.39. The molecule has 0 unspecified atom stereocenters. The second-order valence-electron chi connectivity index (χ2n) is 3.95. The molecule has 0 radical (unpaired) electrons. The Morgan fingerprint density at radius 2 is 2.19 bits per heavy atom. The number of anilines is 1. The van der Waals surface area contributed by atoms with Crippen LogP contribution < -0.4 is 10.2 Å². The summed E-state index contributed by atoms with van der Waals surface area (Å²) in [7, 11) is 2.04. The molecule has 1 saturated heterocycles. The highest BCUT2D eigenvalue weighted by molar-refractivity contribution is 7.98. The highest BCUT2D eigenvalue weighted by Gasteiger charge is 2.18. The Bertz CT molecular complexity index is 337. The quantitative estimate of drug-likeness (QED) is 0.636. The Labute approximate surface area is 101 Å². The van der Waals surface area contributed by atoms with E-state index in [4.69, 9.17) is 0 Å². The molecule has 0 atom stereocenters. The van der Waals surface area contributed by atoms with Crippen molar-refractivity contribution in [2.45, 2.75) is 24.0 Å². The van der Waals surface area contributed by atoms with Crippen LogP contribution in [0.5, 0.6) is 0 Å². The summed E-state index contributed by atoms with van der Waals surface area (Å²) >= 11 is 1.59. The Morgan fingerprint density at radius 1 is 1.44 bits per heavy atom. The molecule has 0 saturated carbocycles. The summed E-state index contributed by atoms with van der Waals surface area (Å²) in [6, 6.07) is 2.66. The number of nitrogens with one attached hydrogen (secondary N) is 1. The summed E-state index contributed by atoms with van der Waals surface area (Å²) < 4.78 is 0. The van der Waals surface area contributed by atoms with Crippen LogP contribution in [0.3, 0.4) is 0 Å². The largest absolute Gasteiger partial charge is 0.356 e. The summed E-state index contributed by atoms with van der Waals surface area (Å²) in [5.41, 5.74) is 0. The number of nitrogens with zero attached hydrogens (tertiary/aromatic N) is 3. The molecular weight excluding hydrogens is 220 g/mol. The van der Waals surface area contributed by atoms with Crippen molar-refractivity contribution in [3.63, 3.8) is 0 Å². The molecule has 0 aromatic carbocycles. The Balaban J connectivity index is 2.02. The van der Waals surface area contributed by atoms with Gasteiger partial charge in [-0.2, -0.15) is 0 Å². The first-order valence-corrected chi connectivity index (χ1v) is 6.85. The molecule has 0 bridgehead atoms. The van der Waals surface area contributed by atoms with Crippen molar-refractivity contribution >= 4 is 17.6 Å². The fraction of sp³-hybridized carbons (Fsp3) is 0.636. The van der Waals surface area contributed by atoms with Crippen LogP contribution in [0.15, 0.2) is 17.4 Å². The van der Waals surface area contributed by atoms with E-state index >= 15 is 0 Å². The highest BCUT2D eigenvalue weighted by atomic mass is 32.2. The summed E-state index contributed by atoms with van der Waals surface area (Å²) in [5.74, 6) is 1.06. The van der Waals surface area contributed by atoms with Crippen molar-refractivity contribution in [1.29, 1.82) is 0 Å². The lowest BCUT2D eigenvalue weighted by Crippen LogP contribution is -2.41. The van der Waals surface area contributed by atoms with Crippen LogP contribution in [0.25, 0.3) is 0 Å². The van der Waals surface area contributed by atoms with E-state index in [-0.39, 0.29) is 0 Å². The van der Waals surface area contributed by atoms with E-state index in [1.165, 1.54) is 12.8 Å². The van der Waals surface area contributed by atoms with Crippen LogP contribution in [0.4, 0.5) is 5.82 Å². The average Bonchev–Trinajstić information content (AvgIpc) is 2.39. The van der Waals surface area contributed by atoms with Gasteiger partial charge in [-0.25, -0.2) is 9.97 Å². The molecule has 0 aliphatic carbocycles. The molecule has 1 aromatic rings. The summed E-state index contributed by atoms with van der Waals surface area (Å²) in [6.45, 7) is 2.16. The minimum absolute atomic E-state index is 0.665. The summed E-state index contributed by atoms with van der Waals surface area (Å²) in [5, 5.41) is 4.19. The van der Waals surface area contributed by atoms with Crippen molar-refractivity contribution in [3.8, 4) is 0 Å². The number of hydrogen-bond acceptors (Lipinski definition) is 5. The van der Waals surface area contributed by atoms with Gasteiger partial charge in [0, 0.05) is 25.3 Å². The Morgan fingerprint density at radius 3 is 2.81 bits per heavy atom. The van der Waals surface area contributed by atoms with Crippen molar-refractivity contribution < 1.29 is 0 Å². The van der Waals surface area contributed by atoms with Gasteiger partial charge in [-0.3, -0.25) is 0 Å². The van der Waals surface area contributed by atoms with Crippen LogP contribution in [0.1, 0.15) is 12.8 Å². The molecule has 1 aliphatic rings. The van der Waals surface area contributed by atoms with E-state index < -0.39 is 0 Å². The standard InChI is InChI=1S/C11H18N4S/c1-12-9-4-7-15(8-5-9)10-3-6-13-11(14-10)16-2/h3,6,9,12H,4-5,7-8H2,1-2H3. The average molecular weight is 238 g/mol. The maximum absolute atomic E-state index is 4.52. The molecule has 88 valence electrons. The third-order valence-corrected chi connectivity index (χ3v) is 3.59. The molecular formula is C11H18N4S. The van der Waals surface area contributed by atoms with Gasteiger partial charge < -0.3 is 10.2 Å². The van der Waals surface area contributed by atoms with E-state index in [9.17, 15) is 0 Å². The smallest absolute Gasteiger partial charge is 0.189 e. The van der Waals surface area contributed by atoms with Crippen LogP contribution in [-0.4, -0.2) is 42.4 Å². The van der Waals surface area contributed by atoms with E-state index in [0.717, 1.165) is 24.1 Å². The molecule has 2 heterocycles. The molecule has 0 spiro atoms. The maximum atomic E-state index is 4.52. The fourth-order valence-electron chi connectivity index (χ4n) is 2.00. The highest BCUT2D eigenvalue weighted by Crippen LogP contribution is 2.19. The molecule has 0 amide bonds. The second kappa shape index (κ2) is 5.50. The van der Waals surface area contributed by atoms with Gasteiger partial charge in [-0.1, -0.05) is 11.8 Å². The molecule has 2 rings (SSSR count). The van der Waals surface area contributed by atoms with Gasteiger partial charge in [0.1, 0.15) is 5.82 Å². The number of aromatic nitrogens is 2. The lowest BCUT2D eigenvalue weighted by molar-refractivity contribution is 0.440. The first kappa shape index (κ1) is 11.7. The van der Waals surface area contributed by atoms with Crippen molar-refractivity contribution in [2.24, 2.45) is 0 Å². The van der Waals surface area contributed by atoms with Gasteiger partial charge in [-0.15, -0.1) is 0 Å². The minimum Gasteiger partial charge on any atom is -0.356 e. The molecule has 1 fully saturated rings. The van der Waals surface area contributed by atoms with Gasteiger partial charge in [0.15, 0.2) is 5.16 Å². The van der Waals surface area contributed by atoms with E-state index in [1.54, 1.807) is 11.8 Å². The second-order valence-corrected chi connectivity index (χ2v) is 4.72. The Hall–Kier alpha value is -0.810. The van der Waals surface area contributed by atoms with Gasteiger partial charge in [0.2, 0.25) is 0 Å². The zero-order valence-corrected chi connectivity index (χ0v) is 10.6. The third kappa shape index (κ3) is 2.65. The van der Waals surface area contributed by atoms with E-state index in [1.807, 2.05) is 25.6 Å². The minimum atomic E-state index is 0.665. The molecule has 16 heavy (non-hydrogen) atoms. The first-order valence-electron chi connectivity index (χ1n) is 5.62. The monoisotopic (exact) mass is 238 g/mol. The number of rotatable bonds is 3. The number of piperidine rings is 1.